The van der Waals surface area contributed by atoms with E-state index in [1.165, 1.54) is 30.5 Å². The van der Waals surface area contributed by atoms with Crippen LogP contribution in [0.3, 0.4) is 0 Å². The molecule has 1 amide bonds. The highest BCUT2D eigenvalue weighted by Gasteiger charge is 2.13. The molecule has 1 N–H and O–H groups in total. The molecular formula is C23H20BrN3O5. The molecule has 0 aliphatic heterocycles. The molecule has 0 spiro atoms. The Morgan fingerprint density at radius 2 is 1.84 bits per heavy atom. The second kappa shape index (κ2) is 11.1. The highest BCUT2D eigenvalue weighted by Crippen LogP contribution is 2.37. The van der Waals surface area contributed by atoms with Gasteiger partial charge in [0.05, 0.1) is 22.2 Å². The summed E-state index contributed by atoms with van der Waals surface area (Å²) >= 11 is 3.51. The molecule has 0 bridgehead atoms. The summed E-state index contributed by atoms with van der Waals surface area (Å²) in [7, 11) is 0. The number of non-ortho nitro benzene ring substituents is 1. The first-order chi connectivity index (χ1) is 15.5. The van der Waals surface area contributed by atoms with Crippen molar-refractivity contribution in [2.75, 3.05) is 6.61 Å². The number of amides is 1. The number of halogens is 1. The van der Waals surface area contributed by atoms with Crippen molar-refractivity contribution in [3.8, 4) is 11.5 Å². The lowest BCUT2D eigenvalue weighted by atomic mass is 10.2. The maximum absolute atomic E-state index is 12.2. The van der Waals surface area contributed by atoms with Gasteiger partial charge in [-0.2, -0.15) is 5.10 Å². The summed E-state index contributed by atoms with van der Waals surface area (Å²) in [6.45, 7) is 2.71. The molecule has 3 rings (SSSR count). The van der Waals surface area contributed by atoms with Gasteiger partial charge < -0.3 is 9.47 Å². The van der Waals surface area contributed by atoms with Crippen molar-refractivity contribution in [1.82, 2.24) is 5.43 Å². The van der Waals surface area contributed by atoms with E-state index in [-0.39, 0.29) is 11.3 Å². The van der Waals surface area contributed by atoms with Gasteiger partial charge in [-0.3, -0.25) is 14.9 Å². The number of nitro benzene ring substituents is 1. The van der Waals surface area contributed by atoms with Crippen LogP contribution < -0.4 is 14.9 Å². The van der Waals surface area contributed by atoms with Crippen molar-refractivity contribution in [3.05, 3.63) is 98.0 Å². The van der Waals surface area contributed by atoms with Gasteiger partial charge >= 0.3 is 0 Å². The number of ether oxygens (including phenoxy) is 2. The van der Waals surface area contributed by atoms with Crippen LogP contribution in [0.4, 0.5) is 5.69 Å². The molecule has 3 aromatic carbocycles. The molecule has 0 aromatic heterocycles. The molecule has 0 saturated carbocycles. The molecule has 0 radical (unpaired) electrons. The van der Waals surface area contributed by atoms with Crippen molar-refractivity contribution in [3.63, 3.8) is 0 Å². The zero-order chi connectivity index (χ0) is 22.9. The summed E-state index contributed by atoms with van der Waals surface area (Å²) < 4.78 is 12.4. The first kappa shape index (κ1) is 23.0. The molecule has 164 valence electrons. The monoisotopic (exact) mass is 497 g/mol. The molecule has 0 aliphatic carbocycles. The van der Waals surface area contributed by atoms with Gasteiger partial charge in [-0.05, 0) is 58.2 Å². The molecule has 32 heavy (non-hydrogen) atoms. The van der Waals surface area contributed by atoms with Gasteiger partial charge in [0.1, 0.15) is 6.61 Å². The van der Waals surface area contributed by atoms with Crippen LogP contribution in [0.1, 0.15) is 28.4 Å². The lowest BCUT2D eigenvalue weighted by Crippen LogP contribution is -2.17. The Morgan fingerprint density at radius 3 is 2.50 bits per heavy atom. The Balaban J connectivity index is 1.69. The van der Waals surface area contributed by atoms with Crippen molar-refractivity contribution < 1.29 is 19.2 Å². The van der Waals surface area contributed by atoms with Crippen molar-refractivity contribution in [2.45, 2.75) is 13.5 Å². The summed E-state index contributed by atoms with van der Waals surface area (Å²) in [6, 6.07) is 18.6. The first-order valence-corrected chi connectivity index (χ1v) is 10.5. The van der Waals surface area contributed by atoms with Gasteiger partial charge in [0.25, 0.3) is 11.6 Å². The Bertz CT molecular complexity index is 1120. The second-order valence-electron chi connectivity index (χ2n) is 6.54. The van der Waals surface area contributed by atoms with Crippen LogP contribution in [-0.4, -0.2) is 23.7 Å². The fourth-order valence-electron chi connectivity index (χ4n) is 2.76. The van der Waals surface area contributed by atoms with Gasteiger partial charge in [-0.1, -0.05) is 30.3 Å². The molecule has 9 heteroatoms. The van der Waals surface area contributed by atoms with Crippen LogP contribution in [-0.2, 0) is 6.61 Å². The van der Waals surface area contributed by atoms with Gasteiger partial charge in [0, 0.05) is 17.7 Å². The summed E-state index contributed by atoms with van der Waals surface area (Å²) in [5, 5.41) is 14.7. The number of nitrogens with zero attached hydrogens (tertiary/aromatic N) is 2. The average molecular weight is 498 g/mol. The summed E-state index contributed by atoms with van der Waals surface area (Å²) in [4.78, 5) is 22.4. The molecule has 3 aromatic rings. The number of hydrogen-bond acceptors (Lipinski definition) is 6. The molecule has 0 unspecified atom stereocenters. The fourth-order valence-corrected chi connectivity index (χ4v) is 3.33. The fraction of sp³-hybridized carbons (Fsp3) is 0.130. The van der Waals surface area contributed by atoms with Crippen LogP contribution in [0.25, 0.3) is 0 Å². The number of nitrogens with one attached hydrogen (secondary N) is 1. The molecule has 0 atom stereocenters. The normalized spacial score (nSPS) is 10.7. The van der Waals surface area contributed by atoms with E-state index in [0.29, 0.717) is 34.7 Å². The largest absolute Gasteiger partial charge is 0.490 e. The number of hydrazone groups is 1. The highest BCUT2D eigenvalue weighted by atomic mass is 79.9. The lowest BCUT2D eigenvalue weighted by molar-refractivity contribution is -0.384. The van der Waals surface area contributed by atoms with Gasteiger partial charge in [0.15, 0.2) is 11.5 Å². The van der Waals surface area contributed by atoms with Gasteiger partial charge in [-0.25, -0.2) is 5.43 Å². The maximum Gasteiger partial charge on any atom is 0.271 e. The minimum atomic E-state index is -0.527. The standard InChI is InChI=1S/C23H20BrN3O5/c1-2-31-21-13-17(12-20(24)22(21)32-15-16-6-4-3-5-7-16)14-25-26-23(28)18-8-10-19(11-9-18)27(29)30/h3-14H,2,15H2,1H3,(H,26,28)/b25-14-. The number of nitro groups is 1. The minimum absolute atomic E-state index is 0.0899. The smallest absolute Gasteiger partial charge is 0.271 e. The number of rotatable bonds is 9. The van der Waals surface area contributed by atoms with Crippen LogP contribution >= 0.6 is 15.9 Å². The molecule has 8 nitrogen and oxygen atoms in total. The van der Waals surface area contributed by atoms with E-state index in [0.717, 1.165) is 5.56 Å². The van der Waals surface area contributed by atoms with E-state index in [1.807, 2.05) is 37.3 Å². The van der Waals surface area contributed by atoms with Crippen LogP contribution in [0.5, 0.6) is 11.5 Å². The summed E-state index contributed by atoms with van der Waals surface area (Å²) in [6.07, 6.45) is 1.47. The number of benzene rings is 3. The van der Waals surface area contributed by atoms with Crippen LogP contribution in [0.15, 0.2) is 76.3 Å². The number of carbonyl (C=O) groups excluding carboxylic acids is 1. The Morgan fingerprint density at radius 1 is 1.12 bits per heavy atom. The third-order valence-electron chi connectivity index (χ3n) is 4.28. The predicted octanol–water partition coefficient (Wildman–Crippen LogP) is 5.10. The van der Waals surface area contributed by atoms with E-state index in [1.54, 1.807) is 12.1 Å². The van der Waals surface area contributed by atoms with Gasteiger partial charge in [0.2, 0.25) is 0 Å². The van der Waals surface area contributed by atoms with Crippen molar-refractivity contribution in [2.24, 2.45) is 5.10 Å². The topological polar surface area (TPSA) is 103 Å². The number of carbonyl (C=O) groups is 1. The van der Waals surface area contributed by atoms with E-state index in [9.17, 15) is 14.9 Å². The Kier molecular flexibility index (Phi) is 7.93. The van der Waals surface area contributed by atoms with E-state index in [4.69, 9.17) is 9.47 Å². The average Bonchev–Trinajstić information content (AvgIpc) is 2.79. The SMILES string of the molecule is CCOc1cc(/C=N\NC(=O)c2ccc([N+](=O)[O-])cc2)cc(Br)c1OCc1ccccc1. The zero-order valence-corrected chi connectivity index (χ0v) is 18.7. The maximum atomic E-state index is 12.2. The highest BCUT2D eigenvalue weighted by molar-refractivity contribution is 9.10. The summed E-state index contributed by atoms with van der Waals surface area (Å²) in [5.74, 6) is 0.631. The first-order valence-electron chi connectivity index (χ1n) is 9.69. The van der Waals surface area contributed by atoms with Crippen LogP contribution in [0.2, 0.25) is 0 Å². The Hall–Kier alpha value is -3.72. The van der Waals surface area contributed by atoms with E-state index in [2.05, 4.69) is 26.5 Å². The third kappa shape index (κ3) is 6.14. The summed E-state index contributed by atoms with van der Waals surface area (Å²) in [5.41, 5.74) is 4.28. The van der Waals surface area contributed by atoms with Crippen molar-refractivity contribution >= 4 is 33.7 Å². The third-order valence-corrected chi connectivity index (χ3v) is 4.87. The minimum Gasteiger partial charge on any atom is -0.490 e. The predicted molar refractivity (Wildman–Crippen MR) is 124 cm³/mol. The Labute approximate surface area is 193 Å². The molecule has 0 fully saturated rings. The van der Waals surface area contributed by atoms with Gasteiger partial charge in [-0.15, -0.1) is 0 Å². The molecule has 0 heterocycles. The molecular weight excluding hydrogens is 478 g/mol. The lowest BCUT2D eigenvalue weighted by Gasteiger charge is -2.14. The zero-order valence-electron chi connectivity index (χ0n) is 17.2. The van der Waals surface area contributed by atoms with Crippen molar-refractivity contribution in [1.29, 1.82) is 0 Å². The van der Waals surface area contributed by atoms with E-state index < -0.39 is 10.8 Å². The molecule has 0 saturated heterocycles. The quantitative estimate of drug-likeness (QED) is 0.251. The number of hydrogen-bond donors (Lipinski definition) is 1. The van der Waals surface area contributed by atoms with Crippen LogP contribution in [0, 0.1) is 10.1 Å². The molecule has 0 aliphatic rings. The second-order valence-corrected chi connectivity index (χ2v) is 7.39. The van der Waals surface area contributed by atoms with E-state index >= 15 is 0 Å².